The van der Waals surface area contributed by atoms with Crippen molar-refractivity contribution in [3.05, 3.63) is 86.7 Å². The number of aryl methyl sites for hydroxylation is 1. The Bertz CT molecular complexity index is 1300. The summed E-state index contributed by atoms with van der Waals surface area (Å²) in [5, 5.41) is 16.8. The van der Waals surface area contributed by atoms with E-state index in [1.165, 1.54) is 12.1 Å². The Morgan fingerprint density at radius 3 is 2.33 bits per heavy atom. The average molecular weight is 505 g/mol. The number of phenolic OH excluding ortho intramolecular Hbond substituents is 1. The van der Waals surface area contributed by atoms with E-state index in [-0.39, 0.29) is 34.1 Å². The van der Waals surface area contributed by atoms with Gasteiger partial charge in [-0.1, -0.05) is 58.2 Å². The van der Waals surface area contributed by atoms with E-state index >= 15 is 0 Å². The van der Waals surface area contributed by atoms with E-state index in [1.807, 2.05) is 31.2 Å². The van der Waals surface area contributed by atoms with Gasteiger partial charge in [0.25, 0.3) is 0 Å². The highest BCUT2D eigenvalue weighted by Crippen LogP contribution is 2.35. The van der Waals surface area contributed by atoms with E-state index in [2.05, 4.69) is 15.5 Å². The maximum Gasteiger partial charge on any atom is 0.316 e. The first-order chi connectivity index (χ1) is 15.8. The molecule has 0 unspecified atom stereocenters. The minimum absolute atomic E-state index is 0.0335. The first-order valence-electron chi connectivity index (χ1n) is 9.63. The number of ether oxygens (including phenoxy) is 1. The van der Waals surface area contributed by atoms with Crippen molar-refractivity contribution in [3.63, 3.8) is 0 Å². The Kier molecular flexibility index (Phi) is 6.74. The van der Waals surface area contributed by atoms with Crippen molar-refractivity contribution in [1.82, 2.24) is 15.5 Å². The van der Waals surface area contributed by atoms with E-state index in [9.17, 15) is 9.90 Å². The normalized spacial score (nSPS) is 10.8. The molecule has 3 aromatic carbocycles. The highest BCUT2D eigenvalue weighted by Gasteiger charge is 2.18. The van der Waals surface area contributed by atoms with Crippen LogP contribution in [0, 0.1) is 6.92 Å². The third kappa shape index (κ3) is 5.39. The summed E-state index contributed by atoms with van der Waals surface area (Å²) in [6.45, 7) is 2.16. The van der Waals surface area contributed by atoms with Crippen LogP contribution in [0.1, 0.15) is 21.8 Å². The molecule has 0 fully saturated rings. The van der Waals surface area contributed by atoms with Gasteiger partial charge >= 0.3 is 11.8 Å². The molecule has 0 saturated carbocycles. The van der Waals surface area contributed by atoms with E-state index in [0.717, 1.165) is 11.1 Å². The molecule has 10 heteroatoms. The molecule has 168 valence electrons. The smallest absolute Gasteiger partial charge is 0.316 e. The lowest BCUT2D eigenvalue weighted by Crippen LogP contribution is -2.23. The summed E-state index contributed by atoms with van der Waals surface area (Å²) in [5.41, 5.74) is 2.21. The van der Waals surface area contributed by atoms with E-state index in [1.54, 1.807) is 18.2 Å². The van der Waals surface area contributed by atoms with Crippen molar-refractivity contribution in [2.45, 2.75) is 13.5 Å². The van der Waals surface area contributed by atoms with Crippen LogP contribution in [-0.2, 0) is 6.54 Å². The quantitative estimate of drug-likeness (QED) is 0.314. The monoisotopic (exact) mass is 503 g/mol. The molecule has 1 amide bonds. The molecular weight excluding hydrogens is 489 g/mol. The Labute approximate surface area is 203 Å². The molecule has 0 bridgehead atoms. The summed E-state index contributed by atoms with van der Waals surface area (Å²) >= 11 is 17.9. The molecule has 1 aromatic heterocycles. The minimum atomic E-state index is -0.542. The summed E-state index contributed by atoms with van der Waals surface area (Å²) in [6, 6.07) is 15.5. The van der Waals surface area contributed by atoms with Gasteiger partial charge in [-0.25, -0.2) is 0 Å². The largest absolute Gasteiger partial charge is 0.505 e. The molecule has 4 rings (SSSR count). The highest BCUT2D eigenvalue weighted by molar-refractivity contribution is 6.37. The van der Waals surface area contributed by atoms with Gasteiger partial charge < -0.3 is 19.7 Å². The third-order valence-electron chi connectivity index (χ3n) is 4.65. The average Bonchev–Trinajstić information content (AvgIpc) is 3.29. The van der Waals surface area contributed by atoms with Crippen LogP contribution in [0.25, 0.3) is 11.4 Å². The Balaban J connectivity index is 1.36. The number of hydrogen-bond acceptors (Lipinski definition) is 6. The van der Waals surface area contributed by atoms with Crippen molar-refractivity contribution in [3.8, 4) is 28.6 Å². The molecule has 0 radical (unpaired) electrons. The van der Waals surface area contributed by atoms with Gasteiger partial charge in [0.1, 0.15) is 11.5 Å². The van der Waals surface area contributed by atoms with Gasteiger partial charge in [-0.3, -0.25) is 4.79 Å². The van der Waals surface area contributed by atoms with Gasteiger partial charge in [0, 0.05) is 17.1 Å². The van der Waals surface area contributed by atoms with E-state index < -0.39 is 5.91 Å². The number of aromatic hydroxyl groups is 1. The van der Waals surface area contributed by atoms with Gasteiger partial charge in [-0.2, -0.15) is 4.98 Å². The van der Waals surface area contributed by atoms with Crippen LogP contribution in [0.2, 0.25) is 15.1 Å². The summed E-state index contributed by atoms with van der Waals surface area (Å²) in [7, 11) is 0. The topological polar surface area (TPSA) is 97.5 Å². The number of carbonyl (C=O) groups is 1. The molecule has 2 N–H and O–H groups in total. The number of hydrogen-bond donors (Lipinski definition) is 2. The maximum atomic E-state index is 12.4. The van der Waals surface area contributed by atoms with Crippen molar-refractivity contribution >= 4 is 40.7 Å². The van der Waals surface area contributed by atoms with Gasteiger partial charge in [0.15, 0.2) is 5.75 Å². The van der Waals surface area contributed by atoms with Crippen molar-refractivity contribution in [2.75, 3.05) is 0 Å². The minimum Gasteiger partial charge on any atom is -0.505 e. The van der Waals surface area contributed by atoms with Crippen molar-refractivity contribution in [2.24, 2.45) is 0 Å². The predicted octanol–water partition coefficient (Wildman–Crippen LogP) is 6.43. The van der Waals surface area contributed by atoms with Crippen LogP contribution in [-0.4, -0.2) is 21.2 Å². The second kappa shape index (κ2) is 9.70. The molecule has 1 heterocycles. The van der Waals surface area contributed by atoms with E-state index in [0.29, 0.717) is 22.1 Å². The Hall–Kier alpha value is -3.26. The molecule has 0 atom stereocenters. The lowest BCUT2D eigenvalue weighted by Gasteiger charge is -2.08. The lowest BCUT2D eigenvalue weighted by atomic mass is 10.2. The van der Waals surface area contributed by atoms with Crippen molar-refractivity contribution in [1.29, 1.82) is 0 Å². The molecule has 4 aromatic rings. The van der Waals surface area contributed by atoms with Gasteiger partial charge in [0.2, 0.25) is 5.82 Å². The molecular formula is C23H16Cl3N3O4. The number of nitrogens with zero attached hydrogens (tertiary/aromatic N) is 2. The summed E-state index contributed by atoms with van der Waals surface area (Å²) in [5.74, 6) is 0.373. The highest BCUT2D eigenvalue weighted by atomic mass is 35.5. The number of nitrogens with one attached hydrogen (secondary N) is 1. The zero-order valence-corrected chi connectivity index (χ0v) is 19.4. The Morgan fingerprint density at radius 1 is 1.00 bits per heavy atom. The van der Waals surface area contributed by atoms with Crippen LogP contribution in [0.4, 0.5) is 0 Å². The van der Waals surface area contributed by atoms with Crippen LogP contribution >= 0.6 is 34.8 Å². The summed E-state index contributed by atoms with van der Waals surface area (Å²) in [4.78, 5) is 16.4. The number of rotatable bonds is 6. The maximum absolute atomic E-state index is 12.4. The third-order valence-corrected chi connectivity index (χ3v) is 5.63. The molecule has 7 nitrogen and oxygen atoms in total. The van der Waals surface area contributed by atoms with Crippen LogP contribution in [0.3, 0.4) is 0 Å². The zero-order valence-electron chi connectivity index (χ0n) is 17.1. The molecule has 0 aliphatic heterocycles. The molecule has 0 aliphatic rings. The second-order valence-corrected chi connectivity index (χ2v) is 8.27. The second-order valence-electron chi connectivity index (χ2n) is 7.05. The standard InChI is InChI=1S/C23H16Cl3N3O4/c1-12-2-5-16(10-17(12)24)32-15-6-3-13(4-7-15)11-27-22(31)23-28-21(29-33-23)14-8-18(25)20(30)19(26)9-14/h2-10,30H,11H2,1H3,(H,27,31). The first kappa shape index (κ1) is 22.9. The van der Waals surface area contributed by atoms with Crippen molar-refractivity contribution < 1.29 is 19.2 Å². The molecule has 33 heavy (non-hydrogen) atoms. The SMILES string of the molecule is Cc1ccc(Oc2ccc(CNC(=O)c3nc(-c4cc(Cl)c(O)c(Cl)c4)no3)cc2)cc1Cl. The Morgan fingerprint density at radius 2 is 1.67 bits per heavy atom. The number of carbonyl (C=O) groups excluding carboxylic acids is 1. The predicted molar refractivity (Wildman–Crippen MR) is 125 cm³/mol. The molecule has 0 spiro atoms. The number of amides is 1. The van der Waals surface area contributed by atoms with Crippen LogP contribution < -0.4 is 10.1 Å². The fourth-order valence-corrected chi connectivity index (χ4v) is 3.49. The first-order valence-corrected chi connectivity index (χ1v) is 10.8. The van der Waals surface area contributed by atoms with E-state index in [4.69, 9.17) is 44.1 Å². The molecule has 0 aliphatic carbocycles. The zero-order chi connectivity index (χ0) is 23.5. The van der Waals surface area contributed by atoms with Crippen LogP contribution in [0.5, 0.6) is 17.2 Å². The summed E-state index contributed by atoms with van der Waals surface area (Å²) in [6.07, 6.45) is 0. The van der Waals surface area contributed by atoms with Gasteiger partial charge in [-0.05, 0) is 54.4 Å². The van der Waals surface area contributed by atoms with Gasteiger partial charge in [0.05, 0.1) is 10.0 Å². The number of halogens is 3. The van der Waals surface area contributed by atoms with Gasteiger partial charge in [-0.15, -0.1) is 0 Å². The fourth-order valence-electron chi connectivity index (χ4n) is 2.83. The molecule has 0 saturated heterocycles. The number of phenols is 1. The van der Waals surface area contributed by atoms with Crippen LogP contribution in [0.15, 0.2) is 59.1 Å². The lowest BCUT2D eigenvalue weighted by molar-refractivity contribution is 0.0907. The number of benzene rings is 3. The fraction of sp³-hybridized carbons (Fsp3) is 0.0870. The summed E-state index contributed by atoms with van der Waals surface area (Å²) < 4.78 is 10.8. The number of aromatic nitrogens is 2.